The molecule has 0 unspecified atom stereocenters. The van der Waals surface area contributed by atoms with E-state index in [1.54, 1.807) is 0 Å². The average Bonchev–Trinajstić information content (AvgIpc) is 3.07. The van der Waals surface area contributed by atoms with Gasteiger partial charge in [0.25, 0.3) is 0 Å². The van der Waals surface area contributed by atoms with E-state index in [2.05, 4.69) is 65.8 Å². The van der Waals surface area contributed by atoms with Crippen LogP contribution < -0.4 is 0 Å². The van der Waals surface area contributed by atoms with Crippen molar-refractivity contribution in [3.05, 3.63) is 65.7 Å². The van der Waals surface area contributed by atoms with E-state index in [0.29, 0.717) is 5.92 Å². The van der Waals surface area contributed by atoms with Crippen LogP contribution in [0.4, 0.5) is 5.69 Å². The van der Waals surface area contributed by atoms with Gasteiger partial charge in [0.15, 0.2) is 0 Å². The molecule has 1 aliphatic carbocycles. The molecule has 2 aromatic carbocycles. The van der Waals surface area contributed by atoms with Crippen LogP contribution in [0.1, 0.15) is 36.3 Å². The fraction of sp³-hybridized carbons (Fsp3) is 0.278. The maximum atomic E-state index is 4.69. The highest BCUT2D eigenvalue weighted by atomic mass is 14.8. The van der Waals surface area contributed by atoms with Gasteiger partial charge in [0, 0.05) is 11.6 Å². The Morgan fingerprint density at radius 1 is 0.947 bits per heavy atom. The molecular weight excluding hydrogens is 230 g/mol. The average molecular weight is 247 g/mol. The first kappa shape index (κ1) is 11.0. The molecule has 2 atom stereocenters. The van der Waals surface area contributed by atoms with Gasteiger partial charge >= 0.3 is 0 Å². The quantitative estimate of drug-likeness (QED) is 0.698. The Bertz CT molecular complexity index is 629. The lowest BCUT2D eigenvalue weighted by molar-refractivity contribution is 0.543. The fourth-order valence-electron chi connectivity index (χ4n) is 3.89. The number of hydrogen-bond acceptors (Lipinski definition) is 1. The predicted molar refractivity (Wildman–Crippen MR) is 79.3 cm³/mol. The third-order valence-corrected chi connectivity index (χ3v) is 4.75. The Morgan fingerprint density at radius 2 is 1.74 bits per heavy atom. The molecule has 2 aromatic rings. The molecule has 0 N–H and O–H groups in total. The van der Waals surface area contributed by atoms with Gasteiger partial charge in [0.05, 0.1) is 5.69 Å². The van der Waals surface area contributed by atoms with Gasteiger partial charge in [0.2, 0.25) is 0 Å². The number of aliphatic imine (C=N–C) groups is 1. The van der Waals surface area contributed by atoms with E-state index in [-0.39, 0.29) is 5.41 Å². The Morgan fingerprint density at radius 3 is 2.63 bits per heavy atom. The molecule has 2 aliphatic rings. The molecule has 0 saturated heterocycles. The SMILES string of the molecule is C1=Nc2ccccc2[C@@]12CCC[C@H]2c1ccccc1. The van der Waals surface area contributed by atoms with Crippen LogP contribution >= 0.6 is 0 Å². The van der Waals surface area contributed by atoms with Gasteiger partial charge < -0.3 is 0 Å². The maximum Gasteiger partial charge on any atom is 0.0667 e. The van der Waals surface area contributed by atoms with Crippen LogP contribution in [0.3, 0.4) is 0 Å². The summed E-state index contributed by atoms with van der Waals surface area (Å²) in [5.41, 5.74) is 4.22. The lowest BCUT2D eigenvalue weighted by Gasteiger charge is -2.30. The molecule has 94 valence electrons. The van der Waals surface area contributed by atoms with Crippen LogP contribution in [0.2, 0.25) is 0 Å². The first-order valence-electron chi connectivity index (χ1n) is 7.10. The zero-order chi connectivity index (χ0) is 12.7. The Hall–Kier alpha value is -1.89. The highest BCUT2D eigenvalue weighted by molar-refractivity contribution is 5.87. The van der Waals surface area contributed by atoms with Gasteiger partial charge in [-0.25, -0.2) is 0 Å². The fourth-order valence-corrected chi connectivity index (χ4v) is 3.89. The number of benzene rings is 2. The summed E-state index contributed by atoms with van der Waals surface area (Å²) in [5.74, 6) is 0.584. The van der Waals surface area contributed by atoms with Crippen molar-refractivity contribution in [2.24, 2.45) is 4.99 Å². The molecule has 1 heterocycles. The van der Waals surface area contributed by atoms with E-state index in [9.17, 15) is 0 Å². The second-order valence-corrected chi connectivity index (χ2v) is 5.67. The summed E-state index contributed by atoms with van der Waals surface area (Å²) in [7, 11) is 0. The zero-order valence-corrected chi connectivity index (χ0v) is 10.9. The third kappa shape index (κ3) is 1.51. The van der Waals surface area contributed by atoms with Gasteiger partial charge in [-0.2, -0.15) is 0 Å². The van der Waals surface area contributed by atoms with Crippen LogP contribution in [0.25, 0.3) is 0 Å². The number of rotatable bonds is 1. The number of fused-ring (bicyclic) bond motifs is 2. The van der Waals surface area contributed by atoms with Crippen molar-refractivity contribution in [3.63, 3.8) is 0 Å². The van der Waals surface area contributed by atoms with E-state index in [4.69, 9.17) is 0 Å². The van der Waals surface area contributed by atoms with Crippen molar-refractivity contribution in [2.75, 3.05) is 0 Å². The van der Waals surface area contributed by atoms with E-state index in [1.165, 1.54) is 36.1 Å². The third-order valence-electron chi connectivity index (χ3n) is 4.75. The van der Waals surface area contributed by atoms with Gasteiger partial charge in [0.1, 0.15) is 0 Å². The highest BCUT2D eigenvalue weighted by Gasteiger charge is 2.46. The van der Waals surface area contributed by atoms with E-state index < -0.39 is 0 Å². The van der Waals surface area contributed by atoms with Crippen LogP contribution in [-0.4, -0.2) is 6.21 Å². The molecule has 1 spiro atoms. The van der Waals surface area contributed by atoms with Crippen LogP contribution in [0, 0.1) is 0 Å². The second-order valence-electron chi connectivity index (χ2n) is 5.67. The highest BCUT2D eigenvalue weighted by Crippen LogP contribution is 2.54. The molecule has 1 nitrogen and oxygen atoms in total. The molecule has 0 aromatic heterocycles. The van der Waals surface area contributed by atoms with Crippen molar-refractivity contribution < 1.29 is 0 Å². The summed E-state index contributed by atoms with van der Waals surface area (Å²) < 4.78 is 0. The molecule has 1 heteroatoms. The maximum absolute atomic E-state index is 4.69. The summed E-state index contributed by atoms with van der Waals surface area (Å²) in [4.78, 5) is 4.69. The lowest BCUT2D eigenvalue weighted by atomic mass is 9.71. The van der Waals surface area contributed by atoms with Crippen molar-refractivity contribution in [1.82, 2.24) is 0 Å². The van der Waals surface area contributed by atoms with Crippen molar-refractivity contribution in [3.8, 4) is 0 Å². The summed E-state index contributed by atoms with van der Waals surface area (Å²) >= 11 is 0. The number of nitrogens with zero attached hydrogens (tertiary/aromatic N) is 1. The molecule has 0 amide bonds. The van der Waals surface area contributed by atoms with Crippen LogP contribution in [0.15, 0.2) is 59.6 Å². The number of hydrogen-bond donors (Lipinski definition) is 0. The first-order chi connectivity index (χ1) is 9.40. The molecule has 4 rings (SSSR count). The minimum Gasteiger partial charge on any atom is -0.260 e. The standard InChI is InChI=1S/C18H17N/c1-2-7-14(8-3-1)15-10-6-12-18(15)13-19-17-11-5-4-9-16(17)18/h1-5,7-9,11,13,15H,6,10,12H2/t15-,18-/m0/s1. The number of para-hydroxylation sites is 1. The van der Waals surface area contributed by atoms with Gasteiger partial charge in [-0.05, 0) is 36.0 Å². The summed E-state index contributed by atoms with van der Waals surface area (Å²) in [6, 6.07) is 19.6. The monoisotopic (exact) mass is 247 g/mol. The summed E-state index contributed by atoms with van der Waals surface area (Å²) in [5, 5.41) is 0. The normalized spacial score (nSPS) is 27.9. The molecular formula is C18H17N. The summed E-state index contributed by atoms with van der Waals surface area (Å²) in [6.07, 6.45) is 6.01. The molecule has 19 heavy (non-hydrogen) atoms. The molecule has 0 radical (unpaired) electrons. The zero-order valence-electron chi connectivity index (χ0n) is 10.9. The van der Waals surface area contributed by atoms with E-state index in [1.807, 2.05) is 0 Å². The second kappa shape index (κ2) is 4.06. The van der Waals surface area contributed by atoms with Gasteiger partial charge in [-0.1, -0.05) is 55.0 Å². The smallest absolute Gasteiger partial charge is 0.0667 e. The lowest BCUT2D eigenvalue weighted by Crippen LogP contribution is -2.28. The van der Waals surface area contributed by atoms with Crippen LogP contribution in [-0.2, 0) is 5.41 Å². The Kier molecular flexibility index (Phi) is 2.34. The Balaban J connectivity index is 1.85. The first-order valence-corrected chi connectivity index (χ1v) is 7.10. The van der Waals surface area contributed by atoms with E-state index in [0.717, 1.165) is 0 Å². The molecule has 1 aliphatic heterocycles. The Labute approximate surface area is 114 Å². The molecule has 0 bridgehead atoms. The largest absolute Gasteiger partial charge is 0.260 e. The van der Waals surface area contributed by atoms with Gasteiger partial charge in [-0.3, -0.25) is 4.99 Å². The molecule has 1 saturated carbocycles. The van der Waals surface area contributed by atoms with Crippen molar-refractivity contribution >= 4 is 11.9 Å². The van der Waals surface area contributed by atoms with E-state index >= 15 is 0 Å². The minimum absolute atomic E-state index is 0.151. The van der Waals surface area contributed by atoms with Crippen molar-refractivity contribution in [2.45, 2.75) is 30.6 Å². The van der Waals surface area contributed by atoms with Crippen molar-refractivity contribution in [1.29, 1.82) is 0 Å². The minimum atomic E-state index is 0.151. The molecule has 1 fully saturated rings. The topological polar surface area (TPSA) is 12.4 Å². The summed E-state index contributed by atoms with van der Waals surface area (Å²) in [6.45, 7) is 0. The predicted octanol–water partition coefficient (Wildman–Crippen LogP) is 4.61. The van der Waals surface area contributed by atoms with Crippen LogP contribution in [0.5, 0.6) is 0 Å². The van der Waals surface area contributed by atoms with Gasteiger partial charge in [-0.15, -0.1) is 0 Å².